The first-order chi connectivity index (χ1) is 13.0. The molecular formula is C17H20N6O4. The molecule has 1 aromatic carbocycles. The van der Waals surface area contributed by atoms with Crippen LogP contribution < -0.4 is 5.32 Å². The molecule has 0 aliphatic carbocycles. The van der Waals surface area contributed by atoms with Gasteiger partial charge in [0, 0.05) is 25.4 Å². The number of nitro benzene ring substituents is 1. The van der Waals surface area contributed by atoms with E-state index in [1.165, 1.54) is 23.4 Å². The molecule has 2 unspecified atom stereocenters. The van der Waals surface area contributed by atoms with Crippen LogP contribution in [0.25, 0.3) is 6.08 Å². The van der Waals surface area contributed by atoms with Crippen molar-refractivity contribution in [2.24, 2.45) is 5.10 Å². The molecule has 0 aromatic heterocycles. The van der Waals surface area contributed by atoms with Gasteiger partial charge in [-0.25, -0.2) is 9.59 Å². The first-order valence-electron chi connectivity index (χ1n) is 8.60. The summed E-state index contributed by atoms with van der Waals surface area (Å²) in [6.07, 6.45) is 3.47. The van der Waals surface area contributed by atoms with Crippen LogP contribution in [0.1, 0.15) is 19.4 Å². The highest BCUT2D eigenvalue weighted by Gasteiger charge is 2.54. The lowest BCUT2D eigenvalue weighted by atomic mass is 10.2. The molecule has 4 amide bonds. The molecule has 142 valence electrons. The van der Waals surface area contributed by atoms with E-state index in [-0.39, 0.29) is 11.7 Å². The minimum atomic E-state index is -0.523. The van der Waals surface area contributed by atoms with Crippen molar-refractivity contribution in [2.75, 3.05) is 13.1 Å². The molecule has 2 atom stereocenters. The summed E-state index contributed by atoms with van der Waals surface area (Å²) in [6, 6.07) is 5.78. The van der Waals surface area contributed by atoms with Crippen LogP contribution >= 0.6 is 0 Å². The Balaban J connectivity index is 1.78. The maximum Gasteiger partial charge on any atom is 0.341 e. The summed E-state index contributed by atoms with van der Waals surface area (Å²) in [4.78, 5) is 38.4. The van der Waals surface area contributed by atoms with Gasteiger partial charge in [0.1, 0.15) is 6.17 Å². The van der Waals surface area contributed by atoms with Crippen molar-refractivity contribution in [3.8, 4) is 0 Å². The topological polar surface area (TPSA) is 111 Å². The van der Waals surface area contributed by atoms with E-state index in [9.17, 15) is 19.7 Å². The fourth-order valence-electron chi connectivity index (χ4n) is 3.29. The fourth-order valence-corrected chi connectivity index (χ4v) is 3.29. The average Bonchev–Trinajstić information content (AvgIpc) is 3.10. The van der Waals surface area contributed by atoms with Crippen LogP contribution in [0.2, 0.25) is 0 Å². The Morgan fingerprint density at radius 2 is 1.93 bits per heavy atom. The van der Waals surface area contributed by atoms with Crippen molar-refractivity contribution in [2.45, 2.75) is 26.2 Å². The lowest BCUT2D eigenvalue weighted by Gasteiger charge is -2.24. The summed E-state index contributed by atoms with van der Waals surface area (Å²) in [5.74, 6) is 0. The van der Waals surface area contributed by atoms with E-state index in [0.29, 0.717) is 18.7 Å². The summed E-state index contributed by atoms with van der Waals surface area (Å²) < 4.78 is 0. The van der Waals surface area contributed by atoms with Gasteiger partial charge in [-0.3, -0.25) is 15.0 Å². The minimum Gasteiger partial charge on any atom is -0.312 e. The molecule has 2 aliphatic rings. The van der Waals surface area contributed by atoms with Crippen LogP contribution in [0.15, 0.2) is 35.4 Å². The molecule has 27 heavy (non-hydrogen) atoms. The average molecular weight is 372 g/mol. The Morgan fingerprint density at radius 3 is 2.59 bits per heavy atom. The third kappa shape index (κ3) is 3.21. The summed E-state index contributed by atoms with van der Waals surface area (Å²) >= 11 is 0. The summed E-state index contributed by atoms with van der Waals surface area (Å²) in [5, 5.41) is 19.2. The molecule has 2 heterocycles. The fraction of sp³-hybridized carbons (Fsp3) is 0.353. The van der Waals surface area contributed by atoms with E-state index in [1.807, 2.05) is 13.8 Å². The van der Waals surface area contributed by atoms with E-state index < -0.39 is 23.3 Å². The maximum absolute atomic E-state index is 12.4. The van der Waals surface area contributed by atoms with Crippen molar-refractivity contribution >= 4 is 30.0 Å². The molecule has 2 saturated heterocycles. The number of urea groups is 2. The molecular weight excluding hydrogens is 352 g/mol. The number of carbonyl (C=O) groups excluding carboxylic acids is 2. The Labute approximate surface area is 155 Å². The second-order valence-corrected chi connectivity index (χ2v) is 5.95. The number of para-hydroxylation sites is 1. The Morgan fingerprint density at radius 1 is 1.22 bits per heavy atom. The molecule has 0 radical (unpaired) electrons. The van der Waals surface area contributed by atoms with Crippen LogP contribution in [-0.4, -0.2) is 63.4 Å². The zero-order valence-electron chi connectivity index (χ0n) is 15.0. The number of rotatable bonds is 6. The summed E-state index contributed by atoms with van der Waals surface area (Å²) in [6.45, 7) is 4.62. The highest BCUT2D eigenvalue weighted by molar-refractivity contribution is 5.86. The van der Waals surface area contributed by atoms with Crippen LogP contribution in [0.4, 0.5) is 15.3 Å². The monoisotopic (exact) mass is 372 g/mol. The van der Waals surface area contributed by atoms with Gasteiger partial charge in [0.15, 0.2) is 6.17 Å². The van der Waals surface area contributed by atoms with E-state index >= 15 is 0 Å². The van der Waals surface area contributed by atoms with Crippen molar-refractivity contribution in [3.05, 3.63) is 46.0 Å². The standard InChI is InChI=1S/C17H20N6O4/c1-3-20-14-15(21(4-2)17(20)25)22(16(24)19-14)18-11-7-9-12-8-5-6-10-13(12)23(26)27/h5-11,14-15H,3-4H2,1-2H3,(H,19,24)/b9-7+,18-11+. The number of benzene rings is 1. The van der Waals surface area contributed by atoms with Crippen molar-refractivity contribution in [3.63, 3.8) is 0 Å². The predicted octanol–water partition coefficient (Wildman–Crippen LogP) is 2.05. The van der Waals surface area contributed by atoms with E-state index in [4.69, 9.17) is 0 Å². The number of nitrogens with zero attached hydrogens (tertiary/aromatic N) is 5. The van der Waals surface area contributed by atoms with Gasteiger partial charge in [0.2, 0.25) is 0 Å². The number of likely N-dealkylation sites (N-methyl/N-ethyl adjacent to an activating group) is 2. The third-order valence-corrected chi connectivity index (χ3v) is 4.53. The number of nitrogens with one attached hydrogen (secondary N) is 1. The van der Waals surface area contributed by atoms with Crippen LogP contribution in [-0.2, 0) is 0 Å². The lowest BCUT2D eigenvalue weighted by Crippen LogP contribution is -2.43. The normalized spacial score (nSPS) is 22.2. The van der Waals surface area contributed by atoms with Crippen molar-refractivity contribution < 1.29 is 14.5 Å². The zero-order chi connectivity index (χ0) is 19.6. The van der Waals surface area contributed by atoms with Crippen molar-refractivity contribution in [1.29, 1.82) is 0 Å². The van der Waals surface area contributed by atoms with Gasteiger partial charge in [-0.2, -0.15) is 10.1 Å². The van der Waals surface area contributed by atoms with Crippen LogP contribution in [0.5, 0.6) is 0 Å². The summed E-state index contributed by atoms with van der Waals surface area (Å²) in [5.41, 5.74) is 0.416. The number of nitro groups is 1. The van der Waals surface area contributed by atoms with E-state index in [2.05, 4.69) is 10.4 Å². The first kappa shape index (κ1) is 18.4. The number of allylic oxidation sites excluding steroid dienone is 1. The van der Waals surface area contributed by atoms with Gasteiger partial charge >= 0.3 is 12.1 Å². The summed E-state index contributed by atoms with van der Waals surface area (Å²) in [7, 11) is 0. The minimum absolute atomic E-state index is 0.0155. The molecule has 1 aromatic rings. The van der Waals surface area contributed by atoms with Gasteiger partial charge in [-0.1, -0.05) is 12.1 Å². The number of hydrogen-bond donors (Lipinski definition) is 1. The molecule has 3 rings (SSSR count). The van der Waals surface area contributed by atoms with Gasteiger partial charge < -0.3 is 10.2 Å². The molecule has 10 nitrogen and oxygen atoms in total. The Kier molecular flexibility index (Phi) is 5.06. The van der Waals surface area contributed by atoms with Gasteiger partial charge in [-0.05, 0) is 32.1 Å². The highest BCUT2D eigenvalue weighted by atomic mass is 16.6. The number of amides is 4. The smallest absolute Gasteiger partial charge is 0.312 e. The number of hydrogen-bond acceptors (Lipinski definition) is 5. The molecule has 1 N–H and O–H groups in total. The maximum atomic E-state index is 12.4. The van der Waals surface area contributed by atoms with Crippen molar-refractivity contribution in [1.82, 2.24) is 20.1 Å². The molecule has 10 heteroatoms. The van der Waals surface area contributed by atoms with Gasteiger partial charge in [0.05, 0.1) is 10.5 Å². The molecule has 2 fully saturated rings. The Bertz CT molecular complexity index is 823. The largest absolute Gasteiger partial charge is 0.341 e. The molecule has 2 aliphatic heterocycles. The third-order valence-electron chi connectivity index (χ3n) is 4.53. The second-order valence-electron chi connectivity index (χ2n) is 5.95. The number of fused-ring (bicyclic) bond motifs is 1. The number of carbonyl (C=O) groups is 2. The second kappa shape index (κ2) is 7.44. The molecule has 0 bridgehead atoms. The lowest BCUT2D eigenvalue weighted by molar-refractivity contribution is -0.385. The Hall–Kier alpha value is -3.43. The van der Waals surface area contributed by atoms with E-state index in [1.54, 1.807) is 34.1 Å². The highest BCUT2D eigenvalue weighted by Crippen LogP contribution is 2.28. The van der Waals surface area contributed by atoms with Crippen LogP contribution in [0.3, 0.4) is 0 Å². The van der Waals surface area contributed by atoms with Gasteiger partial charge in [0.25, 0.3) is 5.69 Å². The quantitative estimate of drug-likeness (QED) is 0.468. The van der Waals surface area contributed by atoms with Gasteiger partial charge in [-0.15, -0.1) is 0 Å². The van der Waals surface area contributed by atoms with Crippen LogP contribution in [0, 0.1) is 10.1 Å². The van der Waals surface area contributed by atoms with E-state index in [0.717, 1.165) is 0 Å². The molecule has 0 saturated carbocycles. The predicted molar refractivity (Wildman–Crippen MR) is 98.7 cm³/mol. The SMILES string of the molecule is CCN1C(=O)N(CC)C2C1NC(=O)N2/N=C/C=C/c1ccccc1[N+](=O)[O-]. The number of hydrazone groups is 1. The molecule has 0 spiro atoms. The first-order valence-corrected chi connectivity index (χ1v) is 8.60. The zero-order valence-corrected chi connectivity index (χ0v) is 15.0.